The molecule has 0 radical (unpaired) electrons. The molecule has 0 aliphatic carbocycles. The van der Waals surface area contributed by atoms with Crippen LogP contribution < -0.4 is 4.90 Å². The first-order valence-electron chi connectivity index (χ1n) is 7.93. The number of carbonyl (C=O) groups is 2. The summed E-state index contributed by atoms with van der Waals surface area (Å²) >= 11 is 0. The molecule has 2 aliphatic rings. The molecule has 21 heavy (non-hydrogen) atoms. The third-order valence-corrected chi connectivity index (χ3v) is 4.49. The number of carbonyl (C=O) groups excluding carboxylic acids is 2. The van der Waals surface area contributed by atoms with Crippen molar-refractivity contribution in [2.24, 2.45) is 0 Å². The van der Waals surface area contributed by atoms with Gasteiger partial charge in [-0.05, 0) is 56.4 Å². The van der Waals surface area contributed by atoms with Crippen LogP contribution in [0.2, 0.25) is 0 Å². The maximum Gasteiger partial charge on any atom is 0.253 e. The first-order valence-corrected chi connectivity index (χ1v) is 7.93. The quantitative estimate of drug-likeness (QED) is 0.838. The molecule has 0 aromatic heterocycles. The van der Waals surface area contributed by atoms with E-state index in [4.69, 9.17) is 0 Å². The number of likely N-dealkylation sites (tertiary alicyclic amines) is 1. The van der Waals surface area contributed by atoms with Crippen molar-refractivity contribution in [3.63, 3.8) is 0 Å². The fourth-order valence-corrected chi connectivity index (χ4v) is 3.32. The van der Waals surface area contributed by atoms with E-state index in [0.717, 1.165) is 49.2 Å². The van der Waals surface area contributed by atoms with Crippen molar-refractivity contribution >= 4 is 17.5 Å². The smallest absolute Gasteiger partial charge is 0.253 e. The van der Waals surface area contributed by atoms with E-state index in [0.29, 0.717) is 13.0 Å². The molecular formula is C17H22N2O2. The van der Waals surface area contributed by atoms with E-state index in [2.05, 4.69) is 0 Å². The molecule has 2 amide bonds. The second kappa shape index (κ2) is 5.88. The topological polar surface area (TPSA) is 40.6 Å². The molecule has 4 heteroatoms. The average molecular weight is 286 g/mol. The zero-order chi connectivity index (χ0) is 14.8. The molecule has 2 heterocycles. The number of hydrogen-bond acceptors (Lipinski definition) is 2. The highest BCUT2D eigenvalue weighted by molar-refractivity contribution is 5.99. The van der Waals surface area contributed by atoms with E-state index in [1.165, 1.54) is 6.42 Å². The Bertz CT molecular complexity index is 562. The van der Waals surface area contributed by atoms with Crippen LogP contribution in [0.4, 0.5) is 5.69 Å². The van der Waals surface area contributed by atoms with Gasteiger partial charge in [-0.3, -0.25) is 9.59 Å². The molecule has 2 aliphatic heterocycles. The lowest BCUT2D eigenvalue weighted by Crippen LogP contribution is -2.37. The number of rotatable bonds is 2. The van der Waals surface area contributed by atoms with Crippen molar-refractivity contribution in [3.8, 4) is 0 Å². The number of amides is 2. The number of nitrogens with zero attached hydrogens (tertiary/aromatic N) is 2. The standard InChI is InChI=1S/C17H22N2O2/c1-2-19-15-8-6-14(12-13(15)7-9-16(19)20)17(21)18-10-4-3-5-11-18/h6,8,12H,2-5,7,9-11H2,1H3. The van der Waals surface area contributed by atoms with Crippen molar-refractivity contribution in [1.82, 2.24) is 4.90 Å². The summed E-state index contributed by atoms with van der Waals surface area (Å²) in [6, 6.07) is 5.80. The molecule has 0 N–H and O–H groups in total. The van der Waals surface area contributed by atoms with Gasteiger partial charge in [0.1, 0.15) is 0 Å². The molecule has 1 aromatic rings. The van der Waals surface area contributed by atoms with Gasteiger partial charge in [-0.25, -0.2) is 0 Å². The van der Waals surface area contributed by atoms with Crippen LogP contribution in [0.5, 0.6) is 0 Å². The van der Waals surface area contributed by atoms with Gasteiger partial charge in [0.2, 0.25) is 5.91 Å². The summed E-state index contributed by atoms with van der Waals surface area (Å²) in [6.45, 7) is 4.41. The predicted octanol–water partition coefficient (Wildman–Crippen LogP) is 2.61. The number of anilines is 1. The van der Waals surface area contributed by atoms with Gasteiger partial charge < -0.3 is 9.80 Å². The number of aryl methyl sites for hydroxylation is 1. The molecule has 112 valence electrons. The highest BCUT2D eigenvalue weighted by Crippen LogP contribution is 2.29. The molecule has 0 atom stereocenters. The second-order valence-electron chi connectivity index (χ2n) is 5.83. The number of fused-ring (bicyclic) bond motifs is 1. The summed E-state index contributed by atoms with van der Waals surface area (Å²) in [5.74, 6) is 0.317. The van der Waals surface area contributed by atoms with Gasteiger partial charge in [0.25, 0.3) is 5.91 Å². The predicted molar refractivity (Wildman–Crippen MR) is 82.5 cm³/mol. The van der Waals surface area contributed by atoms with Crippen LogP contribution >= 0.6 is 0 Å². The maximum atomic E-state index is 12.5. The van der Waals surface area contributed by atoms with Gasteiger partial charge in [0.15, 0.2) is 0 Å². The summed E-state index contributed by atoms with van der Waals surface area (Å²) in [4.78, 5) is 28.2. The van der Waals surface area contributed by atoms with E-state index >= 15 is 0 Å². The molecule has 4 nitrogen and oxygen atoms in total. The van der Waals surface area contributed by atoms with E-state index in [1.54, 1.807) is 0 Å². The SMILES string of the molecule is CCN1C(=O)CCc2cc(C(=O)N3CCCCC3)ccc21. The molecule has 0 bridgehead atoms. The van der Waals surface area contributed by atoms with Crippen LogP contribution in [0, 0.1) is 0 Å². The molecule has 1 aromatic carbocycles. The van der Waals surface area contributed by atoms with Crippen LogP contribution in [0.25, 0.3) is 0 Å². The van der Waals surface area contributed by atoms with Gasteiger partial charge in [-0.1, -0.05) is 0 Å². The lowest BCUT2D eigenvalue weighted by molar-refractivity contribution is -0.118. The Morgan fingerprint density at radius 1 is 1.14 bits per heavy atom. The molecule has 1 saturated heterocycles. The zero-order valence-corrected chi connectivity index (χ0v) is 12.6. The number of piperidine rings is 1. The average Bonchev–Trinajstić information content (AvgIpc) is 2.54. The Kier molecular flexibility index (Phi) is 3.95. The van der Waals surface area contributed by atoms with Crippen LogP contribution in [0.3, 0.4) is 0 Å². The fraction of sp³-hybridized carbons (Fsp3) is 0.529. The highest BCUT2D eigenvalue weighted by Gasteiger charge is 2.25. The number of benzene rings is 1. The third kappa shape index (κ3) is 2.67. The first-order chi connectivity index (χ1) is 10.2. The molecule has 1 fully saturated rings. The molecule has 3 rings (SSSR count). The Morgan fingerprint density at radius 3 is 2.62 bits per heavy atom. The molecule has 0 spiro atoms. The summed E-state index contributed by atoms with van der Waals surface area (Å²) in [7, 11) is 0. The summed E-state index contributed by atoms with van der Waals surface area (Å²) in [6.07, 6.45) is 4.72. The van der Waals surface area contributed by atoms with Crippen molar-refractivity contribution in [2.75, 3.05) is 24.5 Å². The lowest BCUT2D eigenvalue weighted by atomic mass is 9.98. The summed E-state index contributed by atoms with van der Waals surface area (Å²) in [5, 5.41) is 0. The summed E-state index contributed by atoms with van der Waals surface area (Å²) < 4.78 is 0. The van der Waals surface area contributed by atoms with Crippen LogP contribution in [-0.4, -0.2) is 36.3 Å². The van der Waals surface area contributed by atoms with Crippen LogP contribution in [0.1, 0.15) is 48.5 Å². The summed E-state index contributed by atoms with van der Waals surface area (Å²) in [5.41, 5.74) is 2.87. The van der Waals surface area contributed by atoms with Gasteiger partial charge in [0, 0.05) is 37.3 Å². The van der Waals surface area contributed by atoms with Gasteiger partial charge in [0.05, 0.1) is 0 Å². The second-order valence-corrected chi connectivity index (χ2v) is 5.83. The first kappa shape index (κ1) is 14.1. The Morgan fingerprint density at radius 2 is 1.90 bits per heavy atom. The molecular weight excluding hydrogens is 264 g/mol. The van der Waals surface area contributed by atoms with Gasteiger partial charge >= 0.3 is 0 Å². The minimum Gasteiger partial charge on any atom is -0.339 e. The maximum absolute atomic E-state index is 12.5. The van der Waals surface area contributed by atoms with Crippen LogP contribution in [0.15, 0.2) is 18.2 Å². The normalized spacial score (nSPS) is 18.6. The minimum absolute atomic E-state index is 0.137. The highest BCUT2D eigenvalue weighted by atomic mass is 16.2. The Labute approximate surface area is 125 Å². The van der Waals surface area contributed by atoms with Gasteiger partial charge in [-0.2, -0.15) is 0 Å². The monoisotopic (exact) mass is 286 g/mol. The van der Waals surface area contributed by atoms with Crippen molar-refractivity contribution in [3.05, 3.63) is 29.3 Å². The van der Waals surface area contributed by atoms with Crippen molar-refractivity contribution in [1.29, 1.82) is 0 Å². The van der Waals surface area contributed by atoms with Crippen LogP contribution in [-0.2, 0) is 11.2 Å². The molecule has 0 unspecified atom stereocenters. The van der Waals surface area contributed by atoms with E-state index < -0.39 is 0 Å². The van der Waals surface area contributed by atoms with Crippen molar-refractivity contribution < 1.29 is 9.59 Å². The third-order valence-electron chi connectivity index (χ3n) is 4.49. The molecule has 0 saturated carbocycles. The van der Waals surface area contributed by atoms with Crippen molar-refractivity contribution in [2.45, 2.75) is 39.0 Å². The van der Waals surface area contributed by atoms with Gasteiger partial charge in [-0.15, -0.1) is 0 Å². The zero-order valence-electron chi connectivity index (χ0n) is 12.6. The number of hydrogen-bond donors (Lipinski definition) is 0. The van der Waals surface area contributed by atoms with E-state index in [1.807, 2.05) is 34.9 Å². The van der Waals surface area contributed by atoms with E-state index in [9.17, 15) is 9.59 Å². The Balaban J connectivity index is 1.85. The van der Waals surface area contributed by atoms with E-state index in [-0.39, 0.29) is 11.8 Å². The Hall–Kier alpha value is -1.84. The minimum atomic E-state index is 0.137. The lowest BCUT2D eigenvalue weighted by Gasteiger charge is -2.30. The fourth-order valence-electron chi connectivity index (χ4n) is 3.32. The largest absolute Gasteiger partial charge is 0.339 e.